The summed E-state index contributed by atoms with van der Waals surface area (Å²) in [4.78, 5) is 14.5. The summed E-state index contributed by atoms with van der Waals surface area (Å²) in [6, 6.07) is 5.58. The van der Waals surface area contributed by atoms with E-state index in [-0.39, 0.29) is 11.9 Å². The van der Waals surface area contributed by atoms with E-state index < -0.39 is 0 Å². The maximum Gasteiger partial charge on any atom is 0.255 e. The van der Waals surface area contributed by atoms with Crippen LogP contribution >= 0.6 is 43.5 Å². The standard InChI is InChI=1S/C13H14Br2ClNO/c1-8-4-5-17(12(8)7-14)13(18)10-6-9(16)2-3-11(10)15/h2-3,6,8,12H,4-5,7H2,1H3. The molecule has 1 aromatic rings. The first-order valence-electron chi connectivity index (χ1n) is 5.86. The molecule has 0 aromatic heterocycles. The maximum atomic E-state index is 12.6. The first kappa shape index (κ1) is 14.4. The van der Waals surface area contributed by atoms with Gasteiger partial charge in [-0.15, -0.1) is 0 Å². The molecule has 0 N–H and O–H groups in total. The summed E-state index contributed by atoms with van der Waals surface area (Å²) in [7, 11) is 0. The molecule has 1 heterocycles. The lowest BCUT2D eigenvalue weighted by molar-refractivity contribution is 0.0738. The van der Waals surface area contributed by atoms with Crippen molar-refractivity contribution >= 4 is 49.4 Å². The van der Waals surface area contributed by atoms with Crippen molar-refractivity contribution < 1.29 is 4.79 Å². The fourth-order valence-electron chi connectivity index (χ4n) is 2.31. The molecule has 0 radical (unpaired) electrons. The molecule has 0 saturated carbocycles. The van der Waals surface area contributed by atoms with Gasteiger partial charge in [-0.3, -0.25) is 4.79 Å². The third-order valence-electron chi connectivity index (χ3n) is 3.46. The van der Waals surface area contributed by atoms with Crippen molar-refractivity contribution in [1.29, 1.82) is 0 Å². The van der Waals surface area contributed by atoms with Gasteiger partial charge in [0.25, 0.3) is 5.91 Å². The monoisotopic (exact) mass is 393 g/mol. The van der Waals surface area contributed by atoms with Crippen molar-refractivity contribution in [2.75, 3.05) is 11.9 Å². The van der Waals surface area contributed by atoms with Crippen LogP contribution in [0, 0.1) is 5.92 Å². The number of likely N-dealkylation sites (tertiary alicyclic amines) is 1. The van der Waals surface area contributed by atoms with Crippen molar-refractivity contribution in [1.82, 2.24) is 4.90 Å². The summed E-state index contributed by atoms with van der Waals surface area (Å²) in [5, 5.41) is 1.40. The Morgan fingerprint density at radius 1 is 1.56 bits per heavy atom. The Kier molecular flexibility index (Phi) is 4.73. The molecule has 2 nitrogen and oxygen atoms in total. The predicted molar refractivity (Wildman–Crippen MR) is 81.6 cm³/mol. The Bertz CT molecular complexity index is 466. The average Bonchev–Trinajstić information content (AvgIpc) is 2.72. The van der Waals surface area contributed by atoms with Gasteiger partial charge in [0.15, 0.2) is 0 Å². The van der Waals surface area contributed by atoms with Crippen LogP contribution in [-0.4, -0.2) is 28.7 Å². The number of hydrogen-bond donors (Lipinski definition) is 0. The molecule has 1 fully saturated rings. The van der Waals surface area contributed by atoms with Gasteiger partial charge in [0.2, 0.25) is 0 Å². The molecule has 2 atom stereocenters. The maximum absolute atomic E-state index is 12.6. The third-order valence-corrected chi connectivity index (χ3v) is 5.05. The highest BCUT2D eigenvalue weighted by atomic mass is 79.9. The van der Waals surface area contributed by atoms with E-state index in [0.717, 1.165) is 22.8 Å². The zero-order valence-corrected chi connectivity index (χ0v) is 13.9. The second-order valence-electron chi connectivity index (χ2n) is 4.61. The quantitative estimate of drug-likeness (QED) is 0.682. The van der Waals surface area contributed by atoms with Gasteiger partial charge < -0.3 is 4.90 Å². The first-order valence-corrected chi connectivity index (χ1v) is 8.16. The number of alkyl halides is 1. The van der Waals surface area contributed by atoms with Crippen LogP contribution in [0.5, 0.6) is 0 Å². The minimum Gasteiger partial charge on any atom is -0.335 e. The highest BCUT2D eigenvalue weighted by Gasteiger charge is 2.34. The van der Waals surface area contributed by atoms with Gasteiger partial charge in [0.1, 0.15) is 0 Å². The van der Waals surface area contributed by atoms with Crippen LogP contribution in [0.1, 0.15) is 23.7 Å². The van der Waals surface area contributed by atoms with Crippen LogP contribution in [0.15, 0.2) is 22.7 Å². The van der Waals surface area contributed by atoms with E-state index in [1.807, 2.05) is 11.0 Å². The van der Waals surface area contributed by atoms with Gasteiger partial charge in [0.05, 0.1) is 5.56 Å². The molecule has 18 heavy (non-hydrogen) atoms. The van der Waals surface area contributed by atoms with Gasteiger partial charge in [-0.05, 0) is 46.5 Å². The van der Waals surface area contributed by atoms with Crippen LogP contribution in [0.2, 0.25) is 5.02 Å². The minimum atomic E-state index is 0.0539. The lowest BCUT2D eigenvalue weighted by Gasteiger charge is -2.25. The van der Waals surface area contributed by atoms with Gasteiger partial charge in [-0.1, -0.05) is 34.5 Å². The van der Waals surface area contributed by atoms with E-state index in [1.54, 1.807) is 12.1 Å². The number of rotatable bonds is 2. The minimum absolute atomic E-state index is 0.0539. The zero-order valence-electron chi connectivity index (χ0n) is 10.00. The smallest absolute Gasteiger partial charge is 0.255 e. The fourth-order valence-corrected chi connectivity index (χ4v) is 3.89. The van der Waals surface area contributed by atoms with Crippen LogP contribution in [0.4, 0.5) is 0 Å². The third kappa shape index (κ3) is 2.75. The molecule has 0 spiro atoms. The van der Waals surface area contributed by atoms with Gasteiger partial charge in [-0.25, -0.2) is 0 Å². The number of benzene rings is 1. The molecule has 98 valence electrons. The molecular weight excluding hydrogens is 381 g/mol. The Hall–Kier alpha value is -0.0600. The highest BCUT2D eigenvalue weighted by molar-refractivity contribution is 9.10. The summed E-state index contributed by atoms with van der Waals surface area (Å²) >= 11 is 12.9. The molecular formula is C13H14Br2ClNO. The average molecular weight is 396 g/mol. The predicted octanol–water partition coefficient (Wildman–Crippen LogP) is 4.35. The lowest BCUT2D eigenvalue weighted by atomic mass is 10.0. The lowest BCUT2D eigenvalue weighted by Crippen LogP contribution is -2.38. The summed E-state index contributed by atoms with van der Waals surface area (Å²) in [6.07, 6.45) is 1.06. The SMILES string of the molecule is CC1CCN(C(=O)c2cc(Cl)ccc2Br)C1CBr. The van der Waals surface area contributed by atoms with Gasteiger partial charge in [0, 0.05) is 27.4 Å². The second-order valence-corrected chi connectivity index (χ2v) is 6.55. The summed E-state index contributed by atoms with van der Waals surface area (Å²) < 4.78 is 0.796. The van der Waals surface area contributed by atoms with Crippen molar-refractivity contribution in [3.8, 4) is 0 Å². The molecule has 1 saturated heterocycles. The number of carbonyl (C=O) groups excluding carboxylic acids is 1. The van der Waals surface area contributed by atoms with Crippen LogP contribution < -0.4 is 0 Å². The Labute approximate surface area is 129 Å². The second kappa shape index (κ2) is 5.93. The van der Waals surface area contributed by atoms with Crippen LogP contribution in [0.3, 0.4) is 0 Å². The molecule has 2 unspecified atom stereocenters. The molecule has 0 aliphatic carbocycles. The first-order chi connectivity index (χ1) is 8.54. The fraction of sp³-hybridized carbons (Fsp3) is 0.462. The van der Waals surface area contributed by atoms with Crippen LogP contribution in [-0.2, 0) is 0 Å². The number of amides is 1. The van der Waals surface area contributed by atoms with Crippen LogP contribution in [0.25, 0.3) is 0 Å². The molecule has 1 amide bonds. The van der Waals surface area contributed by atoms with Crippen molar-refractivity contribution in [2.24, 2.45) is 5.92 Å². The topological polar surface area (TPSA) is 20.3 Å². The molecule has 1 aromatic carbocycles. The van der Waals surface area contributed by atoms with E-state index in [9.17, 15) is 4.79 Å². The number of hydrogen-bond acceptors (Lipinski definition) is 1. The molecule has 2 rings (SSSR count). The molecule has 5 heteroatoms. The van der Waals surface area contributed by atoms with Gasteiger partial charge >= 0.3 is 0 Å². The normalized spacial score (nSPS) is 23.4. The highest BCUT2D eigenvalue weighted by Crippen LogP contribution is 2.29. The Morgan fingerprint density at radius 3 is 2.94 bits per heavy atom. The number of carbonyl (C=O) groups is 1. The summed E-state index contributed by atoms with van der Waals surface area (Å²) in [6.45, 7) is 3.00. The molecule has 1 aliphatic heterocycles. The van der Waals surface area contributed by atoms with Crippen molar-refractivity contribution in [2.45, 2.75) is 19.4 Å². The number of nitrogens with zero attached hydrogens (tertiary/aromatic N) is 1. The van der Waals surface area contributed by atoms with E-state index in [1.165, 1.54) is 0 Å². The zero-order chi connectivity index (χ0) is 13.3. The van der Waals surface area contributed by atoms with E-state index in [0.29, 0.717) is 16.5 Å². The van der Waals surface area contributed by atoms with Gasteiger partial charge in [-0.2, -0.15) is 0 Å². The van der Waals surface area contributed by atoms with E-state index in [2.05, 4.69) is 38.8 Å². The van der Waals surface area contributed by atoms with E-state index >= 15 is 0 Å². The Balaban J connectivity index is 2.28. The summed E-state index contributed by atoms with van der Waals surface area (Å²) in [5.74, 6) is 0.587. The molecule has 0 bridgehead atoms. The largest absolute Gasteiger partial charge is 0.335 e. The number of halogens is 3. The Morgan fingerprint density at radius 2 is 2.28 bits per heavy atom. The van der Waals surface area contributed by atoms with E-state index in [4.69, 9.17) is 11.6 Å². The van der Waals surface area contributed by atoms with Crippen molar-refractivity contribution in [3.05, 3.63) is 33.3 Å². The molecule has 1 aliphatic rings. The van der Waals surface area contributed by atoms with Crippen molar-refractivity contribution in [3.63, 3.8) is 0 Å². The summed E-state index contributed by atoms with van der Waals surface area (Å²) in [5.41, 5.74) is 0.641.